The highest BCUT2D eigenvalue weighted by molar-refractivity contribution is 5.96. The largest absolute Gasteiger partial charge is 0.489 e. The van der Waals surface area contributed by atoms with Gasteiger partial charge in [0, 0.05) is 11.3 Å². The summed E-state index contributed by atoms with van der Waals surface area (Å²) in [5.41, 5.74) is 8.90. The Morgan fingerprint density at radius 2 is 1.91 bits per heavy atom. The predicted octanol–water partition coefficient (Wildman–Crippen LogP) is 3.08. The Balaban J connectivity index is 1.93. The first-order valence-corrected chi connectivity index (χ1v) is 7.34. The SMILES string of the molecule is Cc1ccccc1OC(C)CNC(=O)c1cc(N)ccc1C. The molecule has 116 valence electrons. The van der Waals surface area contributed by atoms with E-state index in [-0.39, 0.29) is 12.0 Å². The molecule has 4 heteroatoms. The molecule has 3 N–H and O–H groups in total. The number of ether oxygens (including phenoxy) is 1. The Morgan fingerprint density at radius 3 is 2.64 bits per heavy atom. The molecule has 0 saturated heterocycles. The fourth-order valence-electron chi connectivity index (χ4n) is 2.16. The molecule has 2 aromatic rings. The maximum atomic E-state index is 12.2. The number of carbonyl (C=O) groups is 1. The van der Waals surface area contributed by atoms with Gasteiger partial charge in [-0.2, -0.15) is 0 Å². The number of para-hydroxylation sites is 1. The number of nitrogens with one attached hydrogen (secondary N) is 1. The summed E-state index contributed by atoms with van der Waals surface area (Å²) in [7, 11) is 0. The van der Waals surface area contributed by atoms with E-state index in [1.54, 1.807) is 12.1 Å². The van der Waals surface area contributed by atoms with Crippen molar-refractivity contribution in [1.29, 1.82) is 0 Å². The lowest BCUT2D eigenvalue weighted by Crippen LogP contribution is -2.34. The van der Waals surface area contributed by atoms with Crippen LogP contribution in [0.2, 0.25) is 0 Å². The van der Waals surface area contributed by atoms with Crippen molar-refractivity contribution < 1.29 is 9.53 Å². The number of anilines is 1. The molecule has 0 aliphatic heterocycles. The van der Waals surface area contributed by atoms with Crippen molar-refractivity contribution >= 4 is 11.6 Å². The van der Waals surface area contributed by atoms with Crippen molar-refractivity contribution in [2.45, 2.75) is 26.9 Å². The number of carbonyl (C=O) groups excluding carboxylic acids is 1. The minimum absolute atomic E-state index is 0.119. The Bertz CT molecular complexity index is 668. The molecule has 2 rings (SSSR count). The zero-order valence-electron chi connectivity index (χ0n) is 13.2. The number of aryl methyl sites for hydroxylation is 2. The van der Waals surface area contributed by atoms with E-state index in [1.165, 1.54) is 0 Å². The van der Waals surface area contributed by atoms with Gasteiger partial charge in [0.1, 0.15) is 11.9 Å². The van der Waals surface area contributed by atoms with E-state index in [1.807, 2.05) is 51.1 Å². The first-order chi connectivity index (χ1) is 10.5. The molecule has 4 nitrogen and oxygen atoms in total. The zero-order valence-corrected chi connectivity index (χ0v) is 13.2. The molecule has 2 aromatic carbocycles. The second-order valence-corrected chi connectivity index (χ2v) is 5.48. The summed E-state index contributed by atoms with van der Waals surface area (Å²) in [5, 5.41) is 2.89. The molecule has 0 radical (unpaired) electrons. The molecule has 0 spiro atoms. The van der Waals surface area contributed by atoms with Gasteiger partial charge >= 0.3 is 0 Å². The zero-order chi connectivity index (χ0) is 16.1. The average molecular weight is 298 g/mol. The van der Waals surface area contributed by atoms with Gasteiger partial charge in [-0.15, -0.1) is 0 Å². The minimum atomic E-state index is -0.134. The van der Waals surface area contributed by atoms with E-state index < -0.39 is 0 Å². The third-order valence-corrected chi connectivity index (χ3v) is 3.48. The van der Waals surface area contributed by atoms with Crippen molar-refractivity contribution in [2.24, 2.45) is 0 Å². The van der Waals surface area contributed by atoms with Gasteiger partial charge in [-0.05, 0) is 50.1 Å². The van der Waals surface area contributed by atoms with Crippen molar-refractivity contribution in [2.75, 3.05) is 12.3 Å². The van der Waals surface area contributed by atoms with Crippen molar-refractivity contribution in [3.63, 3.8) is 0 Å². The standard InChI is InChI=1S/C18H22N2O2/c1-12-8-9-15(19)10-16(12)18(21)20-11-14(3)22-17-7-5-4-6-13(17)2/h4-10,14H,11,19H2,1-3H3,(H,20,21). The van der Waals surface area contributed by atoms with Gasteiger partial charge in [0.15, 0.2) is 0 Å². The maximum Gasteiger partial charge on any atom is 0.251 e. The van der Waals surface area contributed by atoms with Gasteiger partial charge in [-0.3, -0.25) is 4.79 Å². The lowest BCUT2D eigenvalue weighted by atomic mass is 10.1. The first kappa shape index (κ1) is 15.9. The highest BCUT2D eigenvalue weighted by atomic mass is 16.5. The first-order valence-electron chi connectivity index (χ1n) is 7.34. The highest BCUT2D eigenvalue weighted by Gasteiger charge is 2.12. The average Bonchev–Trinajstić information content (AvgIpc) is 2.49. The molecule has 0 aromatic heterocycles. The number of hydrogen-bond acceptors (Lipinski definition) is 3. The summed E-state index contributed by atoms with van der Waals surface area (Å²) in [6.07, 6.45) is -0.119. The molecule has 0 aliphatic rings. The third kappa shape index (κ3) is 4.01. The van der Waals surface area contributed by atoms with Crippen LogP contribution >= 0.6 is 0 Å². The predicted molar refractivity (Wildman–Crippen MR) is 89.2 cm³/mol. The van der Waals surface area contributed by atoms with Gasteiger partial charge in [-0.25, -0.2) is 0 Å². The Kier molecular flexibility index (Phi) is 5.04. The minimum Gasteiger partial charge on any atom is -0.489 e. The molecule has 22 heavy (non-hydrogen) atoms. The number of nitrogen functional groups attached to an aromatic ring is 1. The van der Waals surface area contributed by atoms with E-state index in [4.69, 9.17) is 10.5 Å². The fraction of sp³-hybridized carbons (Fsp3) is 0.278. The van der Waals surface area contributed by atoms with E-state index in [2.05, 4.69) is 5.32 Å². The summed E-state index contributed by atoms with van der Waals surface area (Å²) in [5.74, 6) is 0.703. The Labute approximate surface area is 131 Å². The number of benzene rings is 2. The number of amides is 1. The second-order valence-electron chi connectivity index (χ2n) is 5.48. The summed E-state index contributed by atoms with van der Waals surface area (Å²) in [4.78, 5) is 12.2. The lowest BCUT2D eigenvalue weighted by Gasteiger charge is -2.17. The fourth-order valence-corrected chi connectivity index (χ4v) is 2.16. The van der Waals surface area contributed by atoms with Crippen molar-refractivity contribution in [3.8, 4) is 5.75 Å². The topological polar surface area (TPSA) is 64.3 Å². The van der Waals surface area contributed by atoms with E-state index >= 15 is 0 Å². The van der Waals surface area contributed by atoms with Crippen LogP contribution in [0.5, 0.6) is 5.75 Å². The van der Waals surface area contributed by atoms with Crippen molar-refractivity contribution in [1.82, 2.24) is 5.32 Å². The summed E-state index contributed by atoms with van der Waals surface area (Å²) < 4.78 is 5.85. The lowest BCUT2D eigenvalue weighted by molar-refractivity contribution is 0.0931. The molecule has 0 saturated carbocycles. The van der Waals surface area contributed by atoms with Crippen LogP contribution in [0.1, 0.15) is 28.4 Å². The Hall–Kier alpha value is -2.49. The molecule has 0 bridgehead atoms. The van der Waals surface area contributed by atoms with Crippen LogP contribution in [-0.4, -0.2) is 18.6 Å². The summed E-state index contributed by atoms with van der Waals surface area (Å²) >= 11 is 0. The van der Waals surface area contributed by atoms with E-state index in [0.29, 0.717) is 17.8 Å². The van der Waals surface area contributed by atoms with E-state index in [9.17, 15) is 4.79 Å². The highest BCUT2D eigenvalue weighted by Crippen LogP contribution is 2.17. The maximum absolute atomic E-state index is 12.2. The van der Waals surface area contributed by atoms with Crippen LogP contribution in [0.4, 0.5) is 5.69 Å². The van der Waals surface area contributed by atoms with Crippen LogP contribution in [-0.2, 0) is 0 Å². The van der Waals surface area contributed by atoms with Crippen LogP contribution in [0.3, 0.4) is 0 Å². The Morgan fingerprint density at radius 1 is 1.18 bits per heavy atom. The number of rotatable bonds is 5. The van der Waals surface area contributed by atoms with Gasteiger partial charge in [0.2, 0.25) is 0 Å². The number of nitrogens with two attached hydrogens (primary N) is 1. The number of hydrogen-bond donors (Lipinski definition) is 2. The molecular formula is C18H22N2O2. The van der Waals surface area contributed by atoms with Crippen molar-refractivity contribution in [3.05, 3.63) is 59.2 Å². The second kappa shape index (κ2) is 6.98. The molecule has 1 atom stereocenters. The summed E-state index contributed by atoms with van der Waals surface area (Å²) in [6, 6.07) is 13.2. The van der Waals surface area contributed by atoms with Crippen LogP contribution < -0.4 is 15.8 Å². The van der Waals surface area contributed by atoms with Gasteiger partial charge < -0.3 is 15.8 Å². The molecule has 1 amide bonds. The monoisotopic (exact) mass is 298 g/mol. The third-order valence-electron chi connectivity index (χ3n) is 3.48. The molecule has 0 aliphatic carbocycles. The molecule has 1 unspecified atom stereocenters. The van der Waals surface area contributed by atoms with Gasteiger partial charge in [0.25, 0.3) is 5.91 Å². The molecular weight excluding hydrogens is 276 g/mol. The smallest absolute Gasteiger partial charge is 0.251 e. The van der Waals surface area contributed by atoms with Gasteiger partial charge in [0.05, 0.1) is 6.54 Å². The quantitative estimate of drug-likeness (QED) is 0.834. The normalized spacial score (nSPS) is 11.8. The van der Waals surface area contributed by atoms with Crippen LogP contribution in [0, 0.1) is 13.8 Å². The van der Waals surface area contributed by atoms with Crippen LogP contribution in [0.25, 0.3) is 0 Å². The molecule has 0 fully saturated rings. The van der Waals surface area contributed by atoms with E-state index in [0.717, 1.165) is 16.9 Å². The summed E-state index contributed by atoms with van der Waals surface area (Å²) in [6.45, 7) is 6.25. The van der Waals surface area contributed by atoms with Crippen LogP contribution in [0.15, 0.2) is 42.5 Å². The van der Waals surface area contributed by atoms with Gasteiger partial charge in [-0.1, -0.05) is 24.3 Å². The molecule has 0 heterocycles.